The molecule has 1 saturated heterocycles. The molecule has 1 aromatic carbocycles. The van der Waals surface area contributed by atoms with Crippen molar-refractivity contribution in [2.45, 2.75) is 70.1 Å². The van der Waals surface area contributed by atoms with Crippen molar-refractivity contribution in [3.8, 4) is 5.75 Å². The van der Waals surface area contributed by atoms with E-state index in [0.717, 1.165) is 0 Å². The normalized spacial score (nSPS) is 18.5. The summed E-state index contributed by atoms with van der Waals surface area (Å²) in [5, 5.41) is 33.2. The van der Waals surface area contributed by atoms with Gasteiger partial charge in [0.2, 0.25) is 17.7 Å². The van der Waals surface area contributed by atoms with Crippen molar-refractivity contribution in [2.75, 3.05) is 6.54 Å². The van der Waals surface area contributed by atoms with Gasteiger partial charge in [-0.25, -0.2) is 4.79 Å². The van der Waals surface area contributed by atoms with Crippen LogP contribution in [0.4, 0.5) is 0 Å². The third-order valence-electron chi connectivity index (χ3n) is 6.38. The zero-order valence-electron chi connectivity index (χ0n) is 20.3. The first-order chi connectivity index (χ1) is 16.9. The minimum absolute atomic E-state index is 0.00183. The molecule has 5 unspecified atom stereocenters. The van der Waals surface area contributed by atoms with Crippen LogP contribution in [0.15, 0.2) is 24.3 Å². The van der Waals surface area contributed by atoms with Crippen molar-refractivity contribution in [1.82, 2.24) is 15.5 Å². The van der Waals surface area contributed by atoms with E-state index in [0.29, 0.717) is 18.4 Å². The molecule has 12 nitrogen and oxygen atoms in total. The van der Waals surface area contributed by atoms with E-state index in [1.807, 2.05) is 6.92 Å². The first kappa shape index (κ1) is 28.6. The standard InChI is InChI=1S/C24H34N4O8/c1-3-13(2)20(25)22(33)26-16(12-19(30)31)21(32)27-17(11-14-6-8-15(29)9-7-14)23(34)28-10-4-5-18(28)24(35)36/h6-9,13,16-18,20,29H,3-5,10-12,25H2,1-2H3,(H,26,33)(H,27,32)(H,30,31)(H,35,36). The number of carboxylic acid groups (broad SMARTS) is 2. The van der Waals surface area contributed by atoms with Crippen molar-refractivity contribution in [1.29, 1.82) is 0 Å². The first-order valence-corrected chi connectivity index (χ1v) is 11.8. The van der Waals surface area contributed by atoms with Crippen LogP contribution < -0.4 is 16.4 Å². The second kappa shape index (κ2) is 12.9. The fraction of sp³-hybridized carbons (Fsp3) is 0.542. The Hall–Kier alpha value is -3.67. The molecule has 5 atom stereocenters. The van der Waals surface area contributed by atoms with Crippen LogP contribution in [0.1, 0.15) is 45.1 Å². The fourth-order valence-electron chi connectivity index (χ4n) is 3.99. The second-order valence-electron chi connectivity index (χ2n) is 9.03. The predicted octanol–water partition coefficient (Wildman–Crippen LogP) is -0.172. The van der Waals surface area contributed by atoms with E-state index in [-0.39, 0.29) is 31.1 Å². The van der Waals surface area contributed by atoms with Crippen molar-refractivity contribution < 1.29 is 39.3 Å². The van der Waals surface area contributed by atoms with Gasteiger partial charge < -0.3 is 36.6 Å². The lowest BCUT2D eigenvalue weighted by molar-refractivity contribution is -0.149. The molecule has 3 amide bonds. The molecule has 0 aromatic heterocycles. The number of rotatable bonds is 12. The summed E-state index contributed by atoms with van der Waals surface area (Å²) in [4.78, 5) is 63.2. The second-order valence-corrected chi connectivity index (χ2v) is 9.03. The van der Waals surface area contributed by atoms with Gasteiger partial charge in [-0.15, -0.1) is 0 Å². The van der Waals surface area contributed by atoms with Gasteiger partial charge in [-0.3, -0.25) is 19.2 Å². The number of nitrogens with two attached hydrogens (primary N) is 1. The summed E-state index contributed by atoms with van der Waals surface area (Å²) in [6.45, 7) is 3.77. The maximum Gasteiger partial charge on any atom is 0.326 e. The summed E-state index contributed by atoms with van der Waals surface area (Å²) in [5.41, 5.74) is 6.48. The number of aromatic hydroxyl groups is 1. The van der Waals surface area contributed by atoms with Gasteiger partial charge in [-0.1, -0.05) is 32.4 Å². The highest BCUT2D eigenvalue weighted by atomic mass is 16.4. The van der Waals surface area contributed by atoms with Crippen LogP contribution in [0, 0.1) is 5.92 Å². The number of phenols is 1. The number of nitrogens with zero attached hydrogens (tertiary/aromatic N) is 1. The number of phenolic OH excluding ortho intramolecular Hbond substituents is 1. The zero-order chi connectivity index (χ0) is 27.0. The first-order valence-electron chi connectivity index (χ1n) is 11.8. The van der Waals surface area contributed by atoms with Gasteiger partial charge in [-0.05, 0) is 36.5 Å². The lowest BCUT2D eigenvalue weighted by atomic mass is 9.98. The van der Waals surface area contributed by atoms with Crippen LogP contribution in [-0.4, -0.2) is 80.6 Å². The molecule has 0 spiro atoms. The van der Waals surface area contributed by atoms with E-state index >= 15 is 0 Å². The van der Waals surface area contributed by atoms with E-state index in [1.54, 1.807) is 19.1 Å². The van der Waals surface area contributed by atoms with Crippen molar-refractivity contribution >= 4 is 29.7 Å². The van der Waals surface area contributed by atoms with Gasteiger partial charge >= 0.3 is 11.9 Å². The quantitative estimate of drug-likeness (QED) is 0.223. The minimum Gasteiger partial charge on any atom is -0.508 e. The molecule has 0 radical (unpaired) electrons. The molecule has 1 aromatic rings. The van der Waals surface area contributed by atoms with Crippen LogP contribution in [0.3, 0.4) is 0 Å². The molecule has 1 aliphatic rings. The number of carbonyl (C=O) groups excluding carboxylic acids is 3. The summed E-state index contributed by atoms with van der Waals surface area (Å²) in [7, 11) is 0. The van der Waals surface area contributed by atoms with Gasteiger partial charge in [0.1, 0.15) is 23.9 Å². The number of hydrogen-bond donors (Lipinski definition) is 6. The number of nitrogens with one attached hydrogen (secondary N) is 2. The highest BCUT2D eigenvalue weighted by Crippen LogP contribution is 2.20. The number of carbonyl (C=O) groups is 5. The summed E-state index contributed by atoms with van der Waals surface area (Å²) in [5.74, 6) is -4.98. The average Bonchev–Trinajstić information content (AvgIpc) is 3.33. The molecule has 1 fully saturated rings. The summed E-state index contributed by atoms with van der Waals surface area (Å²) in [6.07, 6.45) is 0.550. The van der Waals surface area contributed by atoms with Gasteiger partial charge in [-0.2, -0.15) is 0 Å². The maximum absolute atomic E-state index is 13.3. The molecule has 1 aliphatic heterocycles. The number of aliphatic carboxylic acids is 2. The number of hydrogen-bond acceptors (Lipinski definition) is 7. The lowest BCUT2D eigenvalue weighted by Crippen LogP contribution is -2.58. The number of amides is 3. The number of carboxylic acids is 2. The summed E-state index contributed by atoms with van der Waals surface area (Å²) in [6, 6.07) is 1.14. The number of likely N-dealkylation sites (tertiary alicyclic amines) is 1. The highest BCUT2D eigenvalue weighted by Gasteiger charge is 2.38. The third-order valence-corrected chi connectivity index (χ3v) is 6.38. The average molecular weight is 507 g/mol. The monoisotopic (exact) mass is 506 g/mol. The molecular weight excluding hydrogens is 472 g/mol. The Kier molecular flexibility index (Phi) is 10.2. The molecule has 2 rings (SSSR count). The summed E-state index contributed by atoms with van der Waals surface area (Å²) >= 11 is 0. The fourth-order valence-corrected chi connectivity index (χ4v) is 3.99. The van der Waals surface area contributed by atoms with Crippen LogP contribution in [0.5, 0.6) is 5.75 Å². The van der Waals surface area contributed by atoms with Crippen molar-refractivity contribution in [3.05, 3.63) is 29.8 Å². The van der Waals surface area contributed by atoms with E-state index in [4.69, 9.17) is 5.73 Å². The molecule has 1 heterocycles. The van der Waals surface area contributed by atoms with Crippen molar-refractivity contribution in [2.24, 2.45) is 11.7 Å². The smallest absolute Gasteiger partial charge is 0.326 e. The van der Waals surface area contributed by atoms with Crippen molar-refractivity contribution in [3.63, 3.8) is 0 Å². The molecule has 7 N–H and O–H groups in total. The Morgan fingerprint density at radius 1 is 1.06 bits per heavy atom. The Morgan fingerprint density at radius 2 is 1.67 bits per heavy atom. The maximum atomic E-state index is 13.3. The Bertz CT molecular complexity index is 967. The molecule has 198 valence electrons. The Morgan fingerprint density at radius 3 is 2.22 bits per heavy atom. The van der Waals surface area contributed by atoms with Gasteiger partial charge in [0, 0.05) is 13.0 Å². The van der Waals surface area contributed by atoms with Gasteiger partial charge in [0.25, 0.3) is 0 Å². The molecular formula is C24H34N4O8. The Balaban J connectivity index is 2.28. The molecule has 0 saturated carbocycles. The summed E-state index contributed by atoms with van der Waals surface area (Å²) < 4.78 is 0. The predicted molar refractivity (Wildman–Crippen MR) is 128 cm³/mol. The van der Waals surface area contributed by atoms with Gasteiger partial charge in [0.05, 0.1) is 12.5 Å². The van der Waals surface area contributed by atoms with Crippen LogP contribution in [-0.2, 0) is 30.4 Å². The zero-order valence-corrected chi connectivity index (χ0v) is 20.3. The third kappa shape index (κ3) is 7.67. The van der Waals surface area contributed by atoms with Crippen LogP contribution in [0.25, 0.3) is 0 Å². The topological polar surface area (TPSA) is 199 Å². The van der Waals surface area contributed by atoms with E-state index in [2.05, 4.69) is 10.6 Å². The highest BCUT2D eigenvalue weighted by molar-refractivity contribution is 5.96. The van der Waals surface area contributed by atoms with Gasteiger partial charge in [0.15, 0.2) is 0 Å². The lowest BCUT2D eigenvalue weighted by Gasteiger charge is -2.29. The van der Waals surface area contributed by atoms with E-state index in [1.165, 1.54) is 17.0 Å². The molecule has 36 heavy (non-hydrogen) atoms. The van der Waals surface area contributed by atoms with Crippen LogP contribution in [0.2, 0.25) is 0 Å². The largest absolute Gasteiger partial charge is 0.508 e. The Labute approximate surface area is 208 Å². The van der Waals surface area contributed by atoms with E-state index in [9.17, 15) is 39.3 Å². The minimum atomic E-state index is -1.51. The molecule has 0 bridgehead atoms. The van der Waals surface area contributed by atoms with E-state index < -0.39 is 60.2 Å². The molecule has 0 aliphatic carbocycles. The SMILES string of the molecule is CCC(C)C(N)C(=O)NC(CC(=O)O)C(=O)NC(Cc1ccc(O)cc1)C(=O)N1CCCC1C(=O)O. The number of benzene rings is 1. The molecule has 12 heteroatoms. The van der Waals surface area contributed by atoms with Crippen LogP contribution >= 0.6 is 0 Å².